The Hall–Kier alpha value is -0.220. The van der Waals surface area contributed by atoms with Crippen LogP contribution in [0.1, 0.15) is 39.5 Å². The van der Waals surface area contributed by atoms with Crippen LogP contribution in [0.5, 0.6) is 0 Å². The molecule has 1 amide bonds. The van der Waals surface area contributed by atoms with Crippen LogP contribution < -0.4 is 11.1 Å². The van der Waals surface area contributed by atoms with Gasteiger partial charge in [0.2, 0.25) is 5.91 Å². The van der Waals surface area contributed by atoms with Gasteiger partial charge in [0.1, 0.15) is 0 Å². The largest absolute Gasteiger partial charge is 0.368 e. The Kier molecular flexibility index (Phi) is 6.21. The van der Waals surface area contributed by atoms with Crippen LogP contribution in [0, 0.1) is 5.92 Å². The lowest BCUT2D eigenvalue weighted by molar-refractivity contribution is -0.119. The van der Waals surface area contributed by atoms with Crippen LogP contribution in [0.25, 0.3) is 0 Å². The molecule has 0 spiro atoms. The van der Waals surface area contributed by atoms with Gasteiger partial charge in [0.05, 0.1) is 6.04 Å². The summed E-state index contributed by atoms with van der Waals surface area (Å²) in [5, 5.41) is 3.21. The molecule has 1 atom stereocenters. The minimum Gasteiger partial charge on any atom is -0.368 e. The predicted octanol–water partition coefficient (Wildman–Crippen LogP) is 1.76. The first-order valence-electron chi connectivity index (χ1n) is 6.22. The highest BCUT2D eigenvalue weighted by molar-refractivity contribution is 7.99. The predicted molar refractivity (Wildman–Crippen MR) is 70.5 cm³/mol. The van der Waals surface area contributed by atoms with Crippen molar-refractivity contribution in [2.75, 3.05) is 11.5 Å². The van der Waals surface area contributed by atoms with Crippen LogP contribution >= 0.6 is 11.8 Å². The number of amides is 1. The maximum atomic E-state index is 11.2. The van der Waals surface area contributed by atoms with Crippen LogP contribution in [0.15, 0.2) is 0 Å². The van der Waals surface area contributed by atoms with Gasteiger partial charge in [-0.3, -0.25) is 4.79 Å². The monoisotopic (exact) mass is 244 g/mol. The highest BCUT2D eigenvalue weighted by Gasteiger charge is 2.19. The van der Waals surface area contributed by atoms with Crippen molar-refractivity contribution >= 4 is 17.7 Å². The SMILES string of the molecule is CC(C)NC(CSCC1CCCC1)C(N)=O. The molecule has 0 bridgehead atoms. The number of thioether (sulfide) groups is 1. The van der Waals surface area contributed by atoms with Gasteiger partial charge in [-0.25, -0.2) is 0 Å². The van der Waals surface area contributed by atoms with Crippen molar-refractivity contribution < 1.29 is 4.79 Å². The molecule has 0 aliphatic heterocycles. The summed E-state index contributed by atoms with van der Waals surface area (Å²) in [6.45, 7) is 4.08. The highest BCUT2D eigenvalue weighted by atomic mass is 32.2. The van der Waals surface area contributed by atoms with E-state index in [9.17, 15) is 4.79 Å². The van der Waals surface area contributed by atoms with E-state index < -0.39 is 0 Å². The third kappa shape index (κ3) is 5.21. The molecule has 3 N–H and O–H groups in total. The lowest BCUT2D eigenvalue weighted by Crippen LogP contribution is -2.46. The van der Waals surface area contributed by atoms with E-state index in [1.807, 2.05) is 25.6 Å². The van der Waals surface area contributed by atoms with Crippen LogP contribution in [-0.2, 0) is 4.79 Å². The molecule has 1 aliphatic rings. The molecule has 1 fully saturated rings. The summed E-state index contributed by atoms with van der Waals surface area (Å²) in [6.07, 6.45) is 5.50. The van der Waals surface area contributed by atoms with E-state index in [0.29, 0.717) is 6.04 Å². The van der Waals surface area contributed by atoms with Gasteiger partial charge in [-0.05, 0) is 24.5 Å². The first-order valence-corrected chi connectivity index (χ1v) is 7.38. The molecule has 1 unspecified atom stereocenters. The normalized spacial score (nSPS) is 19.2. The lowest BCUT2D eigenvalue weighted by Gasteiger charge is -2.18. The van der Waals surface area contributed by atoms with E-state index in [0.717, 1.165) is 11.7 Å². The number of hydrogen-bond donors (Lipinski definition) is 2. The zero-order valence-electron chi connectivity index (χ0n) is 10.4. The number of carbonyl (C=O) groups excluding carboxylic acids is 1. The van der Waals surface area contributed by atoms with Gasteiger partial charge in [-0.15, -0.1) is 0 Å². The quantitative estimate of drug-likeness (QED) is 0.717. The van der Waals surface area contributed by atoms with Gasteiger partial charge in [0.25, 0.3) is 0 Å². The van der Waals surface area contributed by atoms with Crippen LogP contribution in [0.2, 0.25) is 0 Å². The molecule has 0 aromatic carbocycles. The van der Waals surface area contributed by atoms with Gasteiger partial charge in [0.15, 0.2) is 0 Å². The summed E-state index contributed by atoms with van der Waals surface area (Å²) < 4.78 is 0. The number of hydrogen-bond acceptors (Lipinski definition) is 3. The first kappa shape index (κ1) is 13.8. The van der Waals surface area contributed by atoms with E-state index in [4.69, 9.17) is 5.73 Å². The third-order valence-corrected chi connectivity index (χ3v) is 4.27. The third-order valence-electron chi connectivity index (χ3n) is 2.99. The van der Waals surface area contributed by atoms with Gasteiger partial charge in [-0.1, -0.05) is 26.7 Å². The fourth-order valence-electron chi connectivity index (χ4n) is 2.14. The van der Waals surface area contributed by atoms with E-state index in [1.54, 1.807) is 0 Å². The van der Waals surface area contributed by atoms with Crippen molar-refractivity contribution in [2.24, 2.45) is 11.7 Å². The average molecular weight is 244 g/mol. The molecule has 1 rings (SSSR count). The van der Waals surface area contributed by atoms with E-state index >= 15 is 0 Å². The summed E-state index contributed by atoms with van der Waals surface area (Å²) in [7, 11) is 0. The Labute approximate surface area is 103 Å². The van der Waals surface area contributed by atoms with Gasteiger partial charge >= 0.3 is 0 Å². The molecule has 1 aliphatic carbocycles. The number of carbonyl (C=O) groups is 1. The van der Waals surface area contributed by atoms with E-state index in [1.165, 1.54) is 31.4 Å². The molecule has 4 heteroatoms. The summed E-state index contributed by atoms with van der Waals surface area (Å²) in [5.74, 6) is 2.64. The molecule has 0 radical (unpaired) electrons. The minimum atomic E-state index is -0.229. The maximum absolute atomic E-state index is 11.2. The first-order chi connectivity index (χ1) is 7.59. The number of nitrogens with one attached hydrogen (secondary N) is 1. The van der Waals surface area contributed by atoms with Crippen molar-refractivity contribution in [3.63, 3.8) is 0 Å². The smallest absolute Gasteiger partial charge is 0.235 e. The standard InChI is InChI=1S/C12H24N2OS/c1-9(2)14-11(12(13)15)8-16-7-10-5-3-4-6-10/h9-11,14H,3-8H2,1-2H3,(H2,13,15). The van der Waals surface area contributed by atoms with Crippen molar-refractivity contribution in [1.29, 1.82) is 0 Å². The van der Waals surface area contributed by atoms with Crippen molar-refractivity contribution in [3.05, 3.63) is 0 Å². The summed E-state index contributed by atoms with van der Waals surface area (Å²) >= 11 is 1.87. The van der Waals surface area contributed by atoms with Gasteiger partial charge in [-0.2, -0.15) is 11.8 Å². The summed E-state index contributed by atoms with van der Waals surface area (Å²) in [5.41, 5.74) is 5.36. The van der Waals surface area contributed by atoms with E-state index in [2.05, 4.69) is 5.32 Å². The number of primary amides is 1. The molecule has 0 saturated heterocycles. The molecule has 0 aromatic rings. The second kappa shape index (κ2) is 7.17. The second-order valence-corrected chi connectivity index (χ2v) is 6.04. The highest BCUT2D eigenvalue weighted by Crippen LogP contribution is 2.27. The van der Waals surface area contributed by atoms with Crippen molar-refractivity contribution in [2.45, 2.75) is 51.6 Å². The summed E-state index contributed by atoms with van der Waals surface area (Å²) in [4.78, 5) is 11.2. The Bertz CT molecular complexity index is 215. The molecule has 94 valence electrons. The molecular weight excluding hydrogens is 220 g/mol. The Morgan fingerprint density at radius 2 is 2.06 bits per heavy atom. The zero-order chi connectivity index (χ0) is 12.0. The molecule has 0 aromatic heterocycles. The Morgan fingerprint density at radius 3 is 2.56 bits per heavy atom. The van der Waals surface area contributed by atoms with Crippen LogP contribution in [-0.4, -0.2) is 29.5 Å². The Balaban J connectivity index is 2.18. The van der Waals surface area contributed by atoms with Crippen LogP contribution in [0.3, 0.4) is 0 Å². The van der Waals surface area contributed by atoms with Crippen molar-refractivity contribution in [1.82, 2.24) is 5.32 Å². The van der Waals surface area contributed by atoms with E-state index in [-0.39, 0.29) is 11.9 Å². The zero-order valence-corrected chi connectivity index (χ0v) is 11.2. The summed E-state index contributed by atoms with van der Waals surface area (Å²) in [6, 6.07) is 0.135. The topological polar surface area (TPSA) is 55.1 Å². The van der Waals surface area contributed by atoms with Crippen molar-refractivity contribution in [3.8, 4) is 0 Å². The minimum absolute atomic E-state index is 0.175. The number of nitrogens with two attached hydrogens (primary N) is 1. The Morgan fingerprint density at radius 1 is 1.44 bits per heavy atom. The fourth-order valence-corrected chi connectivity index (χ4v) is 3.44. The second-order valence-electron chi connectivity index (χ2n) is 4.96. The van der Waals surface area contributed by atoms with Gasteiger partial charge < -0.3 is 11.1 Å². The molecular formula is C12H24N2OS. The fraction of sp³-hybridized carbons (Fsp3) is 0.917. The van der Waals surface area contributed by atoms with Gasteiger partial charge in [0, 0.05) is 11.8 Å². The molecule has 1 saturated carbocycles. The molecule has 16 heavy (non-hydrogen) atoms. The molecule has 0 heterocycles. The molecule has 3 nitrogen and oxygen atoms in total. The number of rotatable bonds is 7. The maximum Gasteiger partial charge on any atom is 0.235 e. The lowest BCUT2D eigenvalue weighted by atomic mass is 10.1. The van der Waals surface area contributed by atoms with Crippen LogP contribution in [0.4, 0.5) is 0 Å². The average Bonchev–Trinajstić information content (AvgIpc) is 2.68.